The molecule has 1 saturated heterocycles. The van der Waals surface area contributed by atoms with Crippen molar-refractivity contribution in [3.05, 3.63) is 117 Å². The fourth-order valence-corrected chi connectivity index (χ4v) is 9.05. The van der Waals surface area contributed by atoms with Gasteiger partial charge in [0.05, 0.1) is 43.8 Å². The number of nitro benzene ring substituents is 1. The smallest absolute Gasteiger partial charge is 0.341 e. The van der Waals surface area contributed by atoms with Crippen molar-refractivity contribution in [2.24, 2.45) is 5.73 Å². The number of non-ortho nitro benzene ring substituents is 1. The minimum Gasteiger partial charge on any atom is -0.482 e. The van der Waals surface area contributed by atoms with Crippen LogP contribution in [0.3, 0.4) is 0 Å². The summed E-state index contributed by atoms with van der Waals surface area (Å²) in [6.45, 7) is 5.49. The number of benzene rings is 4. The molecule has 434 valence electrons. The van der Waals surface area contributed by atoms with Crippen molar-refractivity contribution in [2.75, 3.05) is 91.9 Å². The third kappa shape index (κ3) is 20.0. The SMILES string of the molecule is CC(C(=O)N[C@@H](CCCCNC(=O)c1cccc(OCC(=O)O)c1)C(=O)NCCc1cccc2c1oc1c(CCC(=O)NCCOCCOCCNC(=O)CCC(=O)N3CCN(CC(N)=O)CC3)cccc12)c1ccc([N+](=O)[O-])cc1. The molecule has 0 aliphatic carbocycles. The highest BCUT2D eigenvalue weighted by Gasteiger charge is 2.26. The summed E-state index contributed by atoms with van der Waals surface area (Å²) in [5.41, 5.74) is 8.90. The van der Waals surface area contributed by atoms with Crippen LogP contribution in [0.5, 0.6) is 5.75 Å². The quantitative estimate of drug-likeness (QED) is 0.0177. The van der Waals surface area contributed by atoms with Crippen LogP contribution in [0.25, 0.3) is 21.9 Å². The van der Waals surface area contributed by atoms with Gasteiger partial charge in [-0.25, -0.2) is 4.79 Å². The van der Waals surface area contributed by atoms with Crippen molar-refractivity contribution in [2.45, 2.75) is 70.3 Å². The number of hydrogen-bond donors (Lipinski definition) is 7. The van der Waals surface area contributed by atoms with Gasteiger partial charge in [0, 0.05) is 100 Å². The Bertz CT molecular complexity index is 2980. The molecule has 2 atom stereocenters. The van der Waals surface area contributed by atoms with Crippen molar-refractivity contribution < 1.29 is 67.0 Å². The first-order valence-corrected chi connectivity index (χ1v) is 27.0. The molecule has 5 aromatic rings. The third-order valence-electron chi connectivity index (χ3n) is 13.5. The summed E-state index contributed by atoms with van der Waals surface area (Å²) in [7, 11) is 0. The molecule has 24 nitrogen and oxygen atoms in total. The number of carbonyl (C=O) groups is 8. The monoisotopic (exact) mass is 1120 g/mol. The zero-order valence-corrected chi connectivity index (χ0v) is 45.4. The number of nitrogens with zero attached hydrogens (tertiary/aromatic N) is 3. The van der Waals surface area contributed by atoms with Crippen LogP contribution in [0.15, 0.2) is 89.3 Å². The van der Waals surface area contributed by atoms with Gasteiger partial charge in [-0.3, -0.25) is 48.6 Å². The van der Waals surface area contributed by atoms with Crippen molar-refractivity contribution >= 4 is 74.9 Å². The van der Waals surface area contributed by atoms with Crippen LogP contribution in [0.1, 0.15) is 78.4 Å². The lowest BCUT2D eigenvalue weighted by molar-refractivity contribution is -0.384. The van der Waals surface area contributed by atoms with E-state index < -0.39 is 53.1 Å². The van der Waals surface area contributed by atoms with Gasteiger partial charge in [-0.05, 0) is 73.9 Å². The van der Waals surface area contributed by atoms with E-state index in [4.69, 9.17) is 29.5 Å². The Hall–Kier alpha value is -8.48. The largest absolute Gasteiger partial charge is 0.482 e. The number of nitrogens with two attached hydrogens (primary N) is 1. The van der Waals surface area contributed by atoms with Gasteiger partial charge in [0.2, 0.25) is 35.4 Å². The molecule has 24 heteroatoms. The molecule has 1 fully saturated rings. The zero-order chi connectivity index (χ0) is 58.1. The Morgan fingerprint density at radius 1 is 0.704 bits per heavy atom. The van der Waals surface area contributed by atoms with Crippen LogP contribution in [0, 0.1) is 10.1 Å². The van der Waals surface area contributed by atoms with E-state index in [-0.39, 0.29) is 99.8 Å². The fraction of sp³-hybridized carbons (Fsp3) is 0.439. The third-order valence-corrected chi connectivity index (χ3v) is 13.5. The first-order valence-electron chi connectivity index (χ1n) is 27.0. The second kappa shape index (κ2) is 31.9. The number of hydrogen-bond acceptors (Lipinski definition) is 15. The number of rotatable bonds is 34. The summed E-state index contributed by atoms with van der Waals surface area (Å²) in [6, 6.07) is 22.3. The van der Waals surface area contributed by atoms with Crippen LogP contribution in [-0.2, 0) is 55.9 Å². The van der Waals surface area contributed by atoms with Gasteiger partial charge < -0.3 is 61.0 Å². The summed E-state index contributed by atoms with van der Waals surface area (Å²) < 4.78 is 22.8. The molecular formula is C57H71N9O15. The number of nitrogens with one attached hydrogen (secondary N) is 5. The Morgan fingerprint density at radius 2 is 1.33 bits per heavy atom. The van der Waals surface area contributed by atoms with E-state index in [1.54, 1.807) is 30.0 Å². The number of piperazine rings is 1. The number of unbranched alkanes of at least 4 members (excludes halogenated alkanes) is 1. The number of amides is 7. The lowest BCUT2D eigenvalue weighted by atomic mass is 9.99. The first kappa shape index (κ1) is 61.7. The number of para-hydroxylation sites is 2. The first-order chi connectivity index (χ1) is 39.1. The number of carboxylic acids is 1. The van der Waals surface area contributed by atoms with Crippen molar-refractivity contribution in [3.8, 4) is 5.75 Å². The van der Waals surface area contributed by atoms with E-state index in [0.717, 1.165) is 21.9 Å². The minimum absolute atomic E-state index is 0.0670. The fourth-order valence-electron chi connectivity index (χ4n) is 9.05. The number of fused-ring (bicyclic) bond motifs is 3. The van der Waals surface area contributed by atoms with E-state index >= 15 is 0 Å². The Morgan fingerprint density at radius 3 is 1.96 bits per heavy atom. The predicted octanol–water partition coefficient (Wildman–Crippen LogP) is 3.11. The molecule has 0 spiro atoms. The molecule has 0 bridgehead atoms. The number of carbonyl (C=O) groups excluding carboxylic acids is 7. The van der Waals surface area contributed by atoms with Gasteiger partial charge in [0.25, 0.3) is 11.6 Å². The average molecular weight is 1120 g/mol. The topological polar surface area (TPSA) is 333 Å². The molecule has 81 heavy (non-hydrogen) atoms. The van der Waals surface area contributed by atoms with Crippen molar-refractivity contribution in [1.29, 1.82) is 0 Å². The molecular weight excluding hydrogens is 1050 g/mol. The molecule has 1 aliphatic rings. The molecule has 1 aromatic heterocycles. The minimum atomic E-state index is -1.15. The van der Waals surface area contributed by atoms with E-state index in [9.17, 15) is 48.5 Å². The normalized spacial score (nSPS) is 13.2. The van der Waals surface area contributed by atoms with E-state index in [1.807, 2.05) is 41.3 Å². The van der Waals surface area contributed by atoms with Crippen molar-refractivity contribution in [1.82, 2.24) is 36.4 Å². The lowest BCUT2D eigenvalue weighted by Gasteiger charge is -2.34. The molecule has 1 aliphatic heterocycles. The molecule has 8 N–H and O–H groups in total. The highest BCUT2D eigenvalue weighted by atomic mass is 16.6. The number of aliphatic carboxylic acids is 1. The second-order valence-electron chi connectivity index (χ2n) is 19.4. The average Bonchev–Trinajstić information content (AvgIpc) is 3.89. The van der Waals surface area contributed by atoms with Gasteiger partial charge in [-0.2, -0.15) is 0 Å². The second-order valence-corrected chi connectivity index (χ2v) is 19.4. The highest BCUT2D eigenvalue weighted by Crippen LogP contribution is 2.33. The Labute approximate surface area is 467 Å². The van der Waals surface area contributed by atoms with Gasteiger partial charge in [0.1, 0.15) is 23.0 Å². The van der Waals surface area contributed by atoms with Crippen LogP contribution < -0.4 is 37.1 Å². The van der Waals surface area contributed by atoms with Crippen LogP contribution in [0.2, 0.25) is 0 Å². The van der Waals surface area contributed by atoms with Gasteiger partial charge in [-0.1, -0.05) is 54.6 Å². The number of carboxylic acid groups (broad SMARTS) is 1. The number of primary amides is 1. The molecule has 4 aromatic carbocycles. The molecule has 0 radical (unpaired) electrons. The standard InChI is InChI=1S/C57H71N9O15/c1-38(39-14-17-43(18-15-39)66(76)77)55(73)63-47(13-2-3-23-61-56(74)42-9-4-10-44(35-42)80-37-52(71)72)57(75)62-24-22-41-8-6-12-46-45-11-5-7-40(53(45)81-54(41)46)16-19-49(68)59-25-31-78-33-34-79-32-26-60-50(69)20-21-51(70)65-29-27-64(28-30-65)36-48(58)67/h4-12,14-15,17-18,35,38,47H,2-3,13,16,19-34,36-37H2,1H3,(H2,58,67)(H,59,68)(H,60,69)(H,61,74)(H,62,75)(H,63,73)(H,71,72)/t38?,47-/m0/s1. The molecule has 0 saturated carbocycles. The van der Waals surface area contributed by atoms with Crippen molar-refractivity contribution in [3.63, 3.8) is 0 Å². The summed E-state index contributed by atoms with van der Waals surface area (Å²) in [5.74, 6) is -3.86. The molecule has 6 rings (SSSR count). The number of ether oxygens (including phenoxy) is 3. The molecule has 2 heterocycles. The number of nitro groups is 1. The van der Waals surface area contributed by atoms with E-state index in [0.29, 0.717) is 88.4 Å². The summed E-state index contributed by atoms with van der Waals surface area (Å²) in [5, 5.41) is 36.1. The predicted molar refractivity (Wildman–Crippen MR) is 297 cm³/mol. The number of furan rings is 1. The van der Waals surface area contributed by atoms with Gasteiger partial charge in [-0.15, -0.1) is 0 Å². The maximum Gasteiger partial charge on any atom is 0.341 e. The summed E-state index contributed by atoms with van der Waals surface area (Å²) >= 11 is 0. The molecule has 1 unspecified atom stereocenters. The van der Waals surface area contributed by atoms with Crippen LogP contribution in [-0.4, -0.2) is 165 Å². The Kier molecular flexibility index (Phi) is 24.3. The van der Waals surface area contributed by atoms with Gasteiger partial charge in [0.15, 0.2) is 6.61 Å². The highest BCUT2D eigenvalue weighted by molar-refractivity contribution is 6.07. The summed E-state index contributed by atoms with van der Waals surface area (Å²) in [4.78, 5) is 114. The Balaban J connectivity index is 0.912. The van der Waals surface area contributed by atoms with E-state index in [2.05, 4.69) is 26.6 Å². The molecule has 7 amide bonds. The number of aryl methyl sites for hydroxylation is 1. The maximum atomic E-state index is 13.8. The van der Waals surface area contributed by atoms with Gasteiger partial charge >= 0.3 is 5.97 Å². The summed E-state index contributed by atoms with van der Waals surface area (Å²) in [6.07, 6.45) is 2.28. The maximum absolute atomic E-state index is 13.8. The lowest BCUT2D eigenvalue weighted by Crippen LogP contribution is -2.50. The van der Waals surface area contributed by atoms with E-state index in [1.165, 1.54) is 30.3 Å². The van der Waals surface area contributed by atoms with Crippen LogP contribution >= 0.6 is 0 Å². The van der Waals surface area contributed by atoms with Crippen LogP contribution in [0.4, 0.5) is 5.69 Å². The zero-order valence-electron chi connectivity index (χ0n) is 45.4.